The Bertz CT molecular complexity index is 627. The number of carbonyl (C=O) groups is 1. The predicted molar refractivity (Wildman–Crippen MR) is 73.7 cm³/mol. The molecular weight excluding hydrogens is 276 g/mol. The van der Waals surface area contributed by atoms with Gasteiger partial charge in [-0.3, -0.25) is 20.0 Å². The van der Waals surface area contributed by atoms with Gasteiger partial charge in [0.1, 0.15) is 0 Å². The average Bonchev–Trinajstić information content (AvgIpc) is 2.97. The number of aromatic nitrogens is 2. The minimum atomic E-state index is -0.547. The molecule has 2 aromatic rings. The number of likely N-dealkylation sites (N-methyl/N-ethyl adjacent to an activating group) is 1. The van der Waals surface area contributed by atoms with Gasteiger partial charge in [-0.2, -0.15) is 5.10 Å². The first kappa shape index (κ1) is 14.5. The third-order valence-electron chi connectivity index (χ3n) is 2.81. The van der Waals surface area contributed by atoms with Crippen LogP contribution >= 0.6 is 0 Å². The van der Waals surface area contributed by atoms with Gasteiger partial charge in [0.2, 0.25) is 0 Å². The Hall–Kier alpha value is -2.90. The van der Waals surface area contributed by atoms with E-state index in [1.165, 1.54) is 23.1 Å². The summed E-state index contributed by atoms with van der Waals surface area (Å²) in [6, 6.07) is 5.94. The maximum Gasteiger partial charge on any atom is 0.310 e. The number of nitro groups is 1. The smallest absolute Gasteiger partial charge is 0.310 e. The predicted octanol–water partition coefficient (Wildman–Crippen LogP) is 1.36. The number of para-hydroxylation sites is 2. The maximum atomic E-state index is 11.9. The van der Waals surface area contributed by atoms with E-state index in [1.807, 2.05) is 0 Å². The van der Waals surface area contributed by atoms with Gasteiger partial charge < -0.3 is 9.64 Å². The summed E-state index contributed by atoms with van der Waals surface area (Å²) in [6.07, 6.45) is 3.30. The van der Waals surface area contributed by atoms with Gasteiger partial charge in [0, 0.05) is 31.4 Å². The highest BCUT2D eigenvalue weighted by molar-refractivity contribution is 5.77. The quantitative estimate of drug-likeness (QED) is 0.639. The van der Waals surface area contributed by atoms with Gasteiger partial charge in [0.25, 0.3) is 5.91 Å². The summed E-state index contributed by atoms with van der Waals surface area (Å²) >= 11 is 0. The summed E-state index contributed by atoms with van der Waals surface area (Å²) in [7, 11) is 1.62. The van der Waals surface area contributed by atoms with Crippen LogP contribution in [0.2, 0.25) is 0 Å². The fourth-order valence-electron chi connectivity index (χ4n) is 1.71. The largest absolute Gasteiger partial charge is 0.477 e. The van der Waals surface area contributed by atoms with Crippen molar-refractivity contribution in [2.75, 3.05) is 13.7 Å². The number of aromatic amines is 1. The number of nitrogens with one attached hydrogen (secondary N) is 1. The second-order valence-corrected chi connectivity index (χ2v) is 4.37. The SMILES string of the molecule is CN(Cc1cn[nH]c1)C(=O)COc1ccccc1[N+](=O)[O-]. The van der Waals surface area contributed by atoms with E-state index in [9.17, 15) is 14.9 Å². The van der Waals surface area contributed by atoms with Gasteiger partial charge >= 0.3 is 5.69 Å². The lowest BCUT2D eigenvalue weighted by Crippen LogP contribution is -2.30. The summed E-state index contributed by atoms with van der Waals surface area (Å²) in [5, 5.41) is 17.3. The van der Waals surface area contributed by atoms with Crippen molar-refractivity contribution in [3.63, 3.8) is 0 Å². The number of amides is 1. The van der Waals surface area contributed by atoms with Crippen molar-refractivity contribution in [2.45, 2.75) is 6.54 Å². The van der Waals surface area contributed by atoms with E-state index in [1.54, 1.807) is 25.5 Å². The number of nitrogens with zero attached hydrogens (tertiary/aromatic N) is 3. The van der Waals surface area contributed by atoms with Crippen molar-refractivity contribution in [1.82, 2.24) is 15.1 Å². The van der Waals surface area contributed by atoms with Gasteiger partial charge in [-0.05, 0) is 6.07 Å². The Kier molecular flexibility index (Phi) is 4.50. The Morgan fingerprint density at radius 2 is 2.24 bits per heavy atom. The number of nitro benzene ring substituents is 1. The van der Waals surface area contributed by atoms with Crippen LogP contribution in [-0.4, -0.2) is 39.6 Å². The molecule has 0 unspecified atom stereocenters. The molecule has 1 aromatic carbocycles. The molecule has 110 valence electrons. The summed E-state index contributed by atoms with van der Waals surface area (Å²) in [6.45, 7) is 0.120. The molecule has 0 saturated carbocycles. The molecule has 1 heterocycles. The van der Waals surface area contributed by atoms with E-state index in [2.05, 4.69) is 10.2 Å². The van der Waals surface area contributed by atoms with E-state index < -0.39 is 4.92 Å². The molecule has 0 spiro atoms. The molecule has 8 heteroatoms. The molecule has 21 heavy (non-hydrogen) atoms. The van der Waals surface area contributed by atoms with Gasteiger partial charge in [0.15, 0.2) is 12.4 Å². The molecular formula is C13H14N4O4. The molecule has 0 aliphatic heterocycles. The normalized spacial score (nSPS) is 10.1. The summed E-state index contributed by atoms with van der Waals surface area (Å²) in [4.78, 5) is 23.7. The van der Waals surface area contributed by atoms with E-state index in [4.69, 9.17) is 4.74 Å². The average molecular weight is 290 g/mol. The Labute approximate surface area is 120 Å². The standard InChI is InChI=1S/C13H14N4O4/c1-16(8-10-6-14-15-7-10)13(18)9-21-12-5-3-2-4-11(12)17(19)20/h2-7H,8-9H2,1H3,(H,14,15). The van der Waals surface area contributed by atoms with Gasteiger partial charge in [-0.25, -0.2) is 0 Å². The van der Waals surface area contributed by atoms with Crippen molar-refractivity contribution in [1.29, 1.82) is 0 Å². The fourth-order valence-corrected chi connectivity index (χ4v) is 1.71. The minimum Gasteiger partial charge on any atom is -0.477 e. The Morgan fingerprint density at radius 1 is 1.48 bits per heavy atom. The number of ether oxygens (including phenoxy) is 1. The fraction of sp³-hybridized carbons (Fsp3) is 0.231. The highest BCUT2D eigenvalue weighted by Crippen LogP contribution is 2.25. The highest BCUT2D eigenvalue weighted by atomic mass is 16.6. The molecule has 1 aromatic heterocycles. The first-order valence-electron chi connectivity index (χ1n) is 6.16. The number of benzene rings is 1. The summed E-state index contributed by atoms with van der Waals surface area (Å²) < 4.78 is 5.24. The third kappa shape index (κ3) is 3.78. The molecule has 0 fully saturated rings. The van der Waals surface area contributed by atoms with Crippen LogP contribution in [0.1, 0.15) is 5.56 Å². The van der Waals surface area contributed by atoms with Crippen molar-refractivity contribution in [2.24, 2.45) is 0 Å². The molecule has 0 aliphatic rings. The van der Waals surface area contributed by atoms with E-state index in [-0.39, 0.29) is 24.0 Å². The first-order chi connectivity index (χ1) is 10.1. The second-order valence-electron chi connectivity index (χ2n) is 4.37. The Morgan fingerprint density at radius 3 is 2.90 bits per heavy atom. The van der Waals surface area contributed by atoms with Crippen LogP contribution in [0.15, 0.2) is 36.7 Å². The molecule has 1 amide bonds. The lowest BCUT2D eigenvalue weighted by Gasteiger charge is -2.16. The van der Waals surface area contributed by atoms with Crippen LogP contribution in [0, 0.1) is 10.1 Å². The van der Waals surface area contributed by atoms with Crippen LogP contribution in [0.4, 0.5) is 5.69 Å². The van der Waals surface area contributed by atoms with Gasteiger partial charge in [-0.1, -0.05) is 12.1 Å². The molecule has 0 radical (unpaired) electrons. The third-order valence-corrected chi connectivity index (χ3v) is 2.81. The zero-order valence-electron chi connectivity index (χ0n) is 11.4. The zero-order chi connectivity index (χ0) is 15.2. The molecule has 0 saturated heterocycles. The number of hydrogen-bond donors (Lipinski definition) is 1. The number of carbonyl (C=O) groups excluding carboxylic acids is 1. The van der Waals surface area contributed by atoms with Crippen LogP contribution in [0.25, 0.3) is 0 Å². The number of rotatable bonds is 6. The molecule has 0 atom stereocenters. The lowest BCUT2D eigenvalue weighted by molar-refractivity contribution is -0.385. The monoisotopic (exact) mass is 290 g/mol. The Balaban J connectivity index is 1.93. The second kappa shape index (κ2) is 6.51. The van der Waals surface area contributed by atoms with Gasteiger partial charge in [-0.15, -0.1) is 0 Å². The van der Waals surface area contributed by atoms with Crippen molar-refractivity contribution in [3.8, 4) is 5.75 Å². The van der Waals surface area contributed by atoms with E-state index in [0.29, 0.717) is 6.54 Å². The molecule has 8 nitrogen and oxygen atoms in total. The van der Waals surface area contributed by atoms with Gasteiger partial charge in [0.05, 0.1) is 11.1 Å². The highest BCUT2D eigenvalue weighted by Gasteiger charge is 2.16. The lowest BCUT2D eigenvalue weighted by atomic mass is 10.3. The summed E-state index contributed by atoms with van der Waals surface area (Å²) in [5.41, 5.74) is 0.694. The van der Waals surface area contributed by atoms with Crippen molar-refractivity contribution >= 4 is 11.6 Å². The zero-order valence-corrected chi connectivity index (χ0v) is 11.4. The summed E-state index contributed by atoms with van der Waals surface area (Å²) in [5.74, 6) is -0.207. The van der Waals surface area contributed by atoms with Crippen LogP contribution in [-0.2, 0) is 11.3 Å². The maximum absolute atomic E-state index is 11.9. The molecule has 0 aliphatic carbocycles. The molecule has 2 rings (SSSR count). The number of H-pyrrole nitrogens is 1. The molecule has 0 bridgehead atoms. The van der Waals surface area contributed by atoms with Crippen molar-refractivity contribution in [3.05, 3.63) is 52.3 Å². The van der Waals surface area contributed by atoms with E-state index >= 15 is 0 Å². The topological polar surface area (TPSA) is 101 Å². The van der Waals surface area contributed by atoms with E-state index in [0.717, 1.165) is 5.56 Å². The van der Waals surface area contributed by atoms with Crippen LogP contribution in [0.5, 0.6) is 5.75 Å². The molecule has 1 N–H and O–H groups in total. The van der Waals surface area contributed by atoms with Crippen LogP contribution < -0.4 is 4.74 Å². The number of hydrogen-bond acceptors (Lipinski definition) is 5. The first-order valence-corrected chi connectivity index (χ1v) is 6.16. The van der Waals surface area contributed by atoms with Crippen LogP contribution in [0.3, 0.4) is 0 Å². The van der Waals surface area contributed by atoms with Crippen molar-refractivity contribution < 1.29 is 14.5 Å². The minimum absolute atomic E-state index is 0.0764.